The Morgan fingerprint density at radius 2 is 1.95 bits per heavy atom. The van der Waals surface area contributed by atoms with Gasteiger partial charge < -0.3 is 15.6 Å². The molecule has 0 fully saturated rings. The number of amides is 1. The lowest BCUT2D eigenvalue weighted by atomic mass is 10.1. The Morgan fingerprint density at radius 1 is 1.37 bits per heavy atom. The number of aryl methyl sites for hydroxylation is 1. The van der Waals surface area contributed by atoms with Crippen molar-refractivity contribution in [3.8, 4) is 0 Å². The molecule has 0 spiro atoms. The minimum atomic E-state index is -0.643. The van der Waals surface area contributed by atoms with Gasteiger partial charge in [0.2, 0.25) is 5.91 Å². The highest BCUT2D eigenvalue weighted by Crippen LogP contribution is 1.99. The van der Waals surface area contributed by atoms with Crippen molar-refractivity contribution in [3.05, 3.63) is 27.0 Å². The molecule has 0 aromatic carbocycles. The molecule has 1 rings (SSSR count). The summed E-state index contributed by atoms with van der Waals surface area (Å²) in [4.78, 5) is 35.3. The van der Waals surface area contributed by atoms with Gasteiger partial charge >= 0.3 is 5.69 Å². The van der Waals surface area contributed by atoms with Crippen LogP contribution >= 0.6 is 0 Å². The zero-order valence-electron chi connectivity index (χ0n) is 11.6. The molecule has 0 saturated carbocycles. The Kier molecular flexibility index (Phi) is 4.52. The summed E-state index contributed by atoms with van der Waals surface area (Å²) in [5.41, 5.74) is 4.22. The largest absolute Gasteiger partial charge is 0.393 e. The van der Waals surface area contributed by atoms with E-state index in [9.17, 15) is 14.4 Å². The summed E-state index contributed by atoms with van der Waals surface area (Å²) >= 11 is 0. The second-order valence-electron chi connectivity index (χ2n) is 4.97. The highest BCUT2D eigenvalue weighted by atomic mass is 16.2. The van der Waals surface area contributed by atoms with Crippen LogP contribution in [0.1, 0.15) is 20.8 Å². The van der Waals surface area contributed by atoms with Crippen LogP contribution in [0.2, 0.25) is 0 Å². The van der Waals surface area contributed by atoms with E-state index in [1.165, 1.54) is 17.8 Å². The molecular formula is C12H20N4O3. The second kappa shape index (κ2) is 5.73. The average molecular weight is 268 g/mol. The maximum absolute atomic E-state index is 11.8. The summed E-state index contributed by atoms with van der Waals surface area (Å²) in [7, 11) is 1.48. The Balaban J connectivity index is 2.98. The van der Waals surface area contributed by atoms with Crippen molar-refractivity contribution in [2.75, 3.05) is 5.73 Å². The summed E-state index contributed by atoms with van der Waals surface area (Å²) in [6, 6.07) is -0.0342. The van der Waals surface area contributed by atoms with Crippen molar-refractivity contribution >= 4 is 11.6 Å². The van der Waals surface area contributed by atoms with Gasteiger partial charge in [0, 0.05) is 19.3 Å². The quantitative estimate of drug-likeness (QED) is 0.753. The van der Waals surface area contributed by atoms with E-state index in [2.05, 4.69) is 5.32 Å². The van der Waals surface area contributed by atoms with Crippen molar-refractivity contribution in [3.63, 3.8) is 0 Å². The number of nitrogens with zero attached hydrogens (tertiary/aromatic N) is 2. The van der Waals surface area contributed by atoms with E-state index >= 15 is 0 Å². The molecule has 106 valence electrons. The standard InChI is InChI=1S/C12H20N4O3/c1-7(2)8(3)14-10(17)6-16-11(18)9(13)5-15(4)12(16)19/h5,7-8H,6,13H2,1-4H3,(H,14,17). The van der Waals surface area contributed by atoms with E-state index < -0.39 is 11.2 Å². The van der Waals surface area contributed by atoms with Gasteiger partial charge in [-0.05, 0) is 12.8 Å². The van der Waals surface area contributed by atoms with E-state index in [4.69, 9.17) is 5.73 Å². The number of carbonyl (C=O) groups excluding carboxylic acids is 1. The van der Waals surface area contributed by atoms with Gasteiger partial charge in [-0.2, -0.15) is 0 Å². The van der Waals surface area contributed by atoms with E-state index in [1.54, 1.807) is 0 Å². The molecule has 1 aromatic rings. The summed E-state index contributed by atoms with van der Waals surface area (Å²) in [6.45, 7) is 5.48. The van der Waals surface area contributed by atoms with Crippen LogP contribution in [0.15, 0.2) is 15.8 Å². The van der Waals surface area contributed by atoms with E-state index in [0.717, 1.165) is 4.57 Å². The van der Waals surface area contributed by atoms with Crippen molar-refractivity contribution in [1.29, 1.82) is 0 Å². The fourth-order valence-corrected chi connectivity index (χ4v) is 1.50. The number of rotatable bonds is 4. The first-order valence-electron chi connectivity index (χ1n) is 6.09. The van der Waals surface area contributed by atoms with Gasteiger partial charge in [-0.1, -0.05) is 13.8 Å². The number of aromatic nitrogens is 2. The van der Waals surface area contributed by atoms with Gasteiger partial charge in [-0.3, -0.25) is 9.59 Å². The predicted octanol–water partition coefficient (Wildman–Crippen LogP) is -0.710. The third-order valence-corrected chi connectivity index (χ3v) is 3.05. The van der Waals surface area contributed by atoms with Gasteiger partial charge in [0.05, 0.1) is 0 Å². The Labute approximate surface area is 111 Å². The molecule has 1 unspecified atom stereocenters. The molecule has 3 N–H and O–H groups in total. The Hall–Kier alpha value is -2.05. The molecule has 1 amide bonds. The minimum Gasteiger partial charge on any atom is -0.393 e. The number of hydrogen-bond acceptors (Lipinski definition) is 4. The number of nitrogens with one attached hydrogen (secondary N) is 1. The molecule has 1 atom stereocenters. The number of nitrogen functional groups attached to an aromatic ring is 1. The fraction of sp³-hybridized carbons (Fsp3) is 0.583. The van der Waals surface area contributed by atoms with E-state index in [0.29, 0.717) is 0 Å². The van der Waals surface area contributed by atoms with Crippen LogP contribution in [0, 0.1) is 5.92 Å². The molecule has 1 aromatic heterocycles. The van der Waals surface area contributed by atoms with Crippen LogP contribution in [-0.2, 0) is 18.4 Å². The fourth-order valence-electron chi connectivity index (χ4n) is 1.50. The molecule has 0 radical (unpaired) electrons. The molecule has 0 saturated heterocycles. The highest BCUT2D eigenvalue weighted by molar-refractivity contribution is 5.76. The van der Waals surface area contributed by atoms with Gasteiger partial charge in [-0.15, -0.1) is 0 Å². The smallest absolute Gasteiger partial charge is 0.331 e. The van der Waals surface area contributed by atoms with Crippen molar-refractivity contribution in [1.82, 2.24) is 14.5 Å². The summed E-state index contributed by atoms with van der Waals surface area (Å²) in [5, 5.41) is 2.73. The molecule has 0 bridgehead atoms. The van der Waals surface area contributed by atoms with Gasteiger partial charge in [0.25, 0.3) is 5.56 Å². The van der Waals surface area contributed by atoms with E-state index in [-0.39, 0.29) is 30.1 Å². The second-order valence-corrected chi connectivity index (χ2v) is 4.97. The molecule has 0 aliphatic rings. The highest BCUT2D eigenvalue weighted by Gasteiger charge is 2.14. The lowest BCUT2D eigenvalue weighted by Crippen LogP contribution is -2.45. The minimum absolute atomic E-state index is 0.0342. The molecular weight excluding hydrogens is 248 g/mol. The number of hydrogen-bond donors (Lipinski definition) is 2. The third-order valence-electron chi connectivity index (χ3n) is 3.05. The molecule has 0 aliphatic carbocycles. The van der Waals surface area contributed by atoms with Gasteiger partial charge in [0.15, 0.2) is 0 Å². The van der Waals surface area contributed by atoms with Crippen LogP contribution < -0.4 is 22.3 Å². The Morgan fingerprint density at radius 3 is 2.47 bits per heavy atom. The maximum Gasteiger partial charge on any atom is 0.331 e. The zero-order valence-corrected chi connectivity index (χ0v) is 11.6. The summed E-state index contributed by atoms with van der Waals surface area (Å²) < 4.78 is 2.01. The first kappa shape index (κ1) is 15.0. The van der Waals surface area contributed by atoms with Crippen LogP contribution in [0.3, 0.4) is 0 Å². The SMILES string of the molecule is CC(C)C(C)NC(=O)Cn1c(=O)c(N)cn(C)c1=O. The molecule has 19 heavy (non-hydrogen) atoms. The van der Waals surface area contributed by atoms with Gasteiger partial charge in [-0.25, -0.2) is 9.36 Å². The van der Waals surface area contributed by atoms with Crippen LogP contribution in [0.25, 0.3) is 0 Å². The third kappa shape index (κ3) is 3.46. The molecule has 7 nitrogen and oxygen atoms in total. The van der Waals surface area contributed by atoms with Crippen LogP contribution in [0.5, 0.6) is 0 Å². The van der Waals surface area contributed by atoms with Gasteiger partial charge in [0.1, 0.15) is 12.2 Å². The molecule has 0 aliphatic heterocycles. The summed E-state index contributed by atoms with van der Waals surface area (Å²) in [6.07, 6.45) is 1.25. The first-order valence-corrected chi connectivity index (χ1v) is 6.09. The average Bonchev–Trinajstić information content (AvgIpc) is 2.32. The lowest BCUT2D eigenvalue weighted by Gasteiger charge is -2.17. The molecule has 7 heteroatoms. The lowest BCUT2D eigenvalue weighted by molar-refractivity contribution is -0.122. The Bertz CT molecular complexity index is 551. The van der Waals surface area contributed by atoms with Crippen molar-refractivity contribution in [2.24, 2.45) is 13.0 Å². The predicted molar refractivity (Wildman–Crippen MR) is 72.8 cm³/mol. The monoisotopic (exact) mass is 268 g/mol. The van der Waals surface area contributed by atoms with Crippen LogP contribution in [0.4, 0.5) is 5.69 Å². The zero-order chi connectivity index (χ0) is 14.7. The van der Waals surface area contributed by atoms with Crippen molar-refractivity contribution in [2.45, 2.75) is 33.4 Å². The van der Waals surface area contributed by atoms with Crippen LogP contribution in [-0.4, -0.2) is 21.1 Å². The first-order chi connectivity index (χ1) is 8.73. The number of anilines is 1. The van der Waals surface area contributed by atoms with E-state index in [1.807, 2.05) is 20.8 Å². The number of nitrogens with two attached hydrogens (primary N) is 1. The molecule has 1 heterocycles. The normalized spacial score (nSPS) is 12.5. The maximum atomic E-state index is 11.8. The number of carbonyl (C=O) groups is 1. The van der Waals surface area contributed by atoms with Crippen molar-refractivity contribution < 1.29 is 4.79 Å². The summed E-state index contributed by atoms with van der Waals surface area (Å²) in [5.74, 6) is -0.115. The topological polar surface area (TPSA) is 99.1 Å².